The second kappa shape index (κ2) is 6.72. The fourth-order valence-electron chi connectivity index (χ4n) is 1.62. The number of methoxy groups -OCH3 is 1. The van der Waals surface area contributed by atoms with Crippen molar-refractivity contribution in [1.82, 2.24) is 5.32 Å². The number of benzene rings is 1. The molecule has 6 heteroatoms. The Morgan fingerprint density at radius 3 is 2.78 bits per heavy atom. The van der Waals surface area contributed by atoms with Crippen LogP contribution in [0.25, 0.3) is 0 Å². The highest BCUT2D eigenvalue weighted by Crippen LogP contribution is 2.18. The molecule has 3 N–H and O–H groups in total. The molecule has 0 radical (unpaired) electrons. The van der Waals surface area contributed by atoms with E-state index >= 15 is 0 Å². The highest BCUT2D eigenvalue weighted by molar-refractivity contribution is 7.89. The Bertz CT molecular complexity index is 474. The topological polar surface area (TPSA) is 81.4 Å². The molecule has 0 aliphatic heterocycles. The maximum atomic E-state index is 10.8. The minimum absolute atomic E-state index is 0.00479. The fourth-order valence-corrected chi connectivity index (χ4v) is 2.17. The highest BCUT2D eigenvalue weighted by atomic mass is 32.2. The molecule has 1 rings (SSSR count). The van der Waals surface area contributed by atoms with Crippen LogP contribution in [0.15, 0.2) is 24.3 Å². The number of sulfonamides is 1. The molecule has 0 spiro atoms. The molecule has 1 aromatic carbocycles. The van der Waals surface area contributed by atoms with Gasteiger partial charge in [0.1, 0.15) is 5.75 Å². The summed E-state index contributed by atoms with van der Waals surface area (Å²) in [5.74, 6) is 0.816. The Kier molecular flexibility index (Phi) is 5.58. The van der Waals surface area contributed by atoms with Crippen molar-refractivity contribution in [3.8, 4) is 5.75 Å². The zero-order valence-electron chi connectivity index (χ0n) is 10.7. The van der Waals surface area contributed by atoms with Gasteiger partial charge in [-0.15, -0.1) is 0 Å². The molecule has 1 unspecified atom stereocenters. The van der Waals surface area contributed by atoms with E-state index in [4.69, 9.17) is 9.88 Å². The molecular formula is C12H20N2O3S. The second-order valence-corrected chi connectivity index (χ2v) is 5.91. The molecule has 102 valence electrons. The van der Waals surface area contributed by atoms with Crippen molar-refractivity contribution in [3.05, 3.63) is 29.8 Å². The summed E-state index contributed by atoms with van der Waals surface area (Å²) >= 11 is 0. The minimum Gasteiger partial charge on any atom is -0.497 e. The van der Waals surface area contributed by atoms with Crippen LogP contribution in [0.3, 0.4) is 0 Å². The number of rotatable bonds is 7. The van der Waals surface area contributed by atoms with E-state index in [9.17, 15) is 8.42 Å². The quantitative estimate of drug-likeness (QED) is 0.726. The van der Waals surface area contributed by atoms with Gasteiger partial charge in [0.2, 0.25) is 10.0 Å². The average molecular weight is 272 g/mol. The molecule has 0 fully saturated rings. The van der Waals surface area contributed by atoms with E-state index in [1.54, 1.807) is 7.11 Å². The van der Waals surface area contributed by atoms with Gasteiger partial charge in [-0.3, -0.25) is 0 Å². The Labute approximate surface area is 108 Å². The number of hydrogen-bond donors (Lipinski definition) is 2. The van der Waals surface area contributed by atoms with Gasteiger partial charge in [-0.1, -0.05) is 12.1 Å². The zero-order valence-corrected chi connectivity index (χ0v) is 11.5. The summed E-state index contributed by atoms with van der Waals surface area (Å²) in [7, 11) is -1.73. The molecular weight excluding hydrogens is 252 g/mol. The van der Waals surface area contributed by atoms with E-state index < -0.39 is 10.0 Å². The summed E-state index contributed by atoms with van der Waals surface area (Å²) in [6.07, 6.45) is 0.507. The van der Waals surface area contributed by atoms with Crippen LogP contribution < -0.4 is 15.2 Å². The summed E-state index contributed by atoms with van der Waals surface area (Å²) in [4.78, 5) is 0. The molecule has 0 aromatic heterocycles. The van der Waals surface area contributed by atoms with E-state index in [-0.39, 0.29) is 11.8 Å². The van der Waals surface area contributed by atoms with Crippen LogP contribution in [-0.2, 0) is 10.0 Å². The summed E-state index contributed by atoms with van der Waals surface area (Å²) < 4.78 is 26.7. The number of nitrogens with one attached hydrogen (secondary N) is 1. The van der Waals surface area contributed by atoms with Crippen LogP contribution in [0.2, 0.25) is 0 Å². The van der Waals surface area contributed by atoms with Gasteiger partial charge in [-0.05, 0) is 37.6 Å². The molecule has 0 saturated carbocycles. The van der Waals surface area contributed by atoms with Crippen LogP contribution in [0.1, 0.15) is 24.9 Å². The van der Waals surface area contributed by atoms with E-state index in [0.717, 1.165) is 11.3 Å². The van der Waals surface area contributed by atoms with Crippen molar-refractivity contribution in [1.29, 1.82) is 0 Å². The van der Waals surface area contributed by atoms with Crippen molar-refractivity contribution < 1.29 is 13.2 Å². The molecule has 0 aliphatic rings. The fraction of sp³-hybridized carbons (Fsp3) is 0.500. The lowest BCUT2D eigenvalue weighted by molar-refractivity contribution is 0.413. The predicted molar refractivity (Wildman–Crippen MR) is 72.0 cm³/mol. The van der Waals surface area contributed by atoms with Crippen molar-refractivity contribution in [3.63, 3.8) is 0 Å². The smallest absolute Gasteiger partial charge is 0.209 e. The van der Waals surface area contributed by atoms with Crippen molar-refractivity contribution in [2.45, 2.75) is 19.4 Å². The first kappa shape index (κ1) is 14.9. The van der Waals surface area contributed by atoms with Gasteiger partial charge in [-0.25, -0.2) is 13.6 Å². The maximum absolute atomic E-state index is 10.8. The Hall–Kier alpha value is -1.11. The Morgan fingerprint density at radius 2 is 2.17 bits per heavy atom. The van der Waals surface area contributed by atoms with Gasteiger partial charge in [0.15, 0.2) is 0 Å². The second-order valence-electron chi connectivity index (χ2n) is 4.17. The Balaban J connectivity index is 2.42. The summed E-state index contributed by atoms with van der Waals surface area (Å²) in [5, 5.41) is 8.18. The zero-order chi connectivity index (χ0) is 13.6. The van der Waals surface area contributed by atoms with Gasteiger partial charge < -0.3 is 10.1 Å². The van der Waals surface area contributed by atoms with Crippen LogP contribution in [0, 0.1) is 0 Å². The van der Waals surface area contributed by atoms with Gasteiger partial charge in [0, 0.05) is 6.04 Å². The number of hydrogen-bond acceptors (Lipinski definition) is 4. The first-order valence-corrected chi connectivity index (χ1v) is 7.52. The molecule has 0 amide bonds. The first-order valence-electron chi connectivity index (χ1n) is 5.80. The molecule has 0 saturated heterocycles. The predicted octanol–water partition coefficient (Wildman–Crippen LogP) is 1.02. The van der Waals surface area contributed by atoms with Crippen LogP contribution >= 0.6 is 0 Å². The number of nitrogens with two attached hydrogens (primary N) is 1. The van der Waals surface area contributed by atoms with Gasteiger partial charge in [-0.2, -0.15) is 0 Å². The lowest BCUT2D eigenvalue weighted by Crippen LogP contribution is -2.24. The van der Waals surface area contributed by atoms with Crippen molar-refractivity contribution in [2.75, 3.05) is 19.4 Å². The van der Waals surface area contributed by atoms with Crippen molar-refractivity contribution in [2.24, 2.45) is 5.14 Å². The summed E-state index contributed by atoms with van der Waals surface area (Å²) in [6, 6.07) is 7.91. The molecule has 18 heavy (non-hydrogen) atoms. The van der Waals surface area contributed by atoms with Crippen LogP contribution in [0.5, 0.6) is 5.75 Å². The van der Waals surface area contributed by atoms with Gasteiger partial charge in [0.05, 0.1) is 12.9 Å². The minimum atomic E-state index is -3.36. The molecule has 1 aromatic rings. The monoisotopic (exact) mass is 272 g/mol. The highest BCUT2D eigenvalue weighted by Gasteiger charge is 2.07. The SMILES string of the molecule is COc1cccc(C(C)NCCCS(N)(=O)=O)c1. The molecule has 0 aliphatic carbocycles. The van der Waals surface area contributed by atoms with E-state index in [0.29, 0.717) is 13.0 Å². The van der Waals surface area contributed by atoms with E-state index in [1.807, 2.05) is 31.2 Å². The van der Waals surface area contributed by atoms with Crippen molar-refractivity contribution >= 4 is 10.0 Å². The number of ether oxygens (including phenoxy) is 1. The largest absolute Gasteiger partial charge is 0.497 e. The lowest BCUT2D eigenvalue weighted by atomic mass is 10.1. The summed E-state index contributed by atoms with van der Waals surface area (Å²) in [5.41, 5.74) is 1.10. The third kappa shape index (κ3) is 5.48. The maximum Gasteiger partial charge on any atom is 0.209 e. The molecule has 0 bridgehead atoms. The van der Waals surface area contributed by atoms with Gasteiger partial charge in [0.25, 0.3) is 0 Å². The van der Waals surface area contributed by atoms with E-state index in [2.05, 4.69) is 5.32 Å². The molecule has 0 heterocycles. The lowest BCUT2D eigenvalue weighted by Gasteiger charge is -2.14. The Morgan fingerprint density at radius 1 is 1.44 bits per heavy atom. The standard InChI is InChI=1S/C12H20N2O3S/c1-10(14-7-4-8-18(13,15)16)11-5-3-6-12(9-11)17-2/h3,5-6,9-10,14H,4,7-8H2,1-2H3,(H2,13,15,16). The number of primary sulfonamides is 1. The average Bonchev–Trinajstić information content (AvgIpc) is 2.33. The molecule has 1 atom stereocenters. The molecule has 5 nitrogen and oxygen atoms in total. The third-order valence-electron chi connectivity index (χ3n) is 2.65. The van der Waals surface area contributed by atoms with Crippen LogP contribution in [-0.4, -0.2) is 27.8 Å². The summed E-state index contributed by atoms with van der Waals surface area (Å²) in [6.45, 7) is 2.63. The first-order chi connectivity index (χ1) is 8.42. The third-order valence-corrected chi connectivity index (χ3v) is 3.51. The van der Waals surface area contributed by atoms with Gasteiger partial charge >= 0.3 is 0 Å². The van der Waals surface area contributed by atoms with E-state index in [1.165, 1.54) is 0 Å². The normalized spacial score (nSPS) is 13.3. The van der Waals surface area contributed by atoms with Crippen LogP contribution in [0.4, 0.5) is 0 Å².